The molecule has 2 rings (SSSR count). The van der Waals surface area contributed by atoms with E-state index in [1.54, 1.807) is 24.3 Å². The number of likely N-dealkylation sites (tertiary alicyclic amines) is 1. The first-order valence-corrected chi connectivity index (χ1v) is 5.17. The molecule has 6 heteroatoms. The first-order valence-electron chi connectivity index (χ1n) is 5.17. The van der Waals surface area contributed by atoms with Crippen molar-refractivity contribution in [3.05, 3.63) is 29.8 Å². The van der Waals surface area contributed by atoms with E-state index in [4.69, 9.17) is 16.2 Å². The molecule has 90 valence electrons. The van der Waals surface area contributed by atoms with Crippen molar-refractivity contribution in [3.63, 3.8) is 0 Å². The molecule has 0 aliphatic carbocycles. The van der Waals surface area contributed by atoms with Crippen LogP contribution in [0, 0.1) is 0 Å². The Morgan fingerprint density at radius 3 is 2.59 bits per heavy atom. The van der Waals surface area contributed by atoms with Gasteiger partial charge in [-0.2, -0.15) is 0 Å². The van der Waals surface area contributed by atoms with Crippen molar-refractivity contribution in [2.45, 2.75) is 6.10 Å². The SMILES string of the molecule is NC(=O)c1cccc(OC2CN(C(N)=O)C2)c1. The average Bonchev–Trinajstić information content (AvgIpc) is 2.22. The van der Waals surface area contributed by atoms with Crippen LogP contribution in [-0.4, -0.2) is 36.0 Å². The summed E-state index contributed by atoms with van der Waals surface area (Å²) in [6.07, 6.45) is -0.0781. The number of benzene rings is 1. The van der Waals surface area contributed by atoms with Crippen LogP contribution in [0.25, 0.3) is 0 Å². The van der Waals surface area contributed by atoms with Crippen molar-refractivity contribution in [1.82, 2.24) is 4.90 Å². The molecule has 0 bridgehead atoms. The number of hydrogen-bond acceptors (Lipinski definition) is 3. The summed E-state index contributed by atoms with van der Waals surface area (Å²) in [5.41, 5.74) is 10.6. The summed E-state index contributed by atoms with van der Waals surface area (Å²) in [7, 11) is 0. The van der Waals surface area contributed by atoms with Crippen LogP contribution >= 0.6 is 0 Å². The van der Waals surface area contributed by atoms with Gasteiger partial charge in [-0.25, -0.2) is 4.79 Å². The van der Waals surface area contributed by atoms with E-state index in [0.29, 0.717) is 24.4 Å². The highest BCUT2D eigenvalue weighted by Gasteiger charge is 2.30. The summed E-state index contributed by atoms with van der Waals surface area (Å²) < 4.78 is 5.56. The Morgan fingerprint density at radius 2 is 2.00 bits per heavy atom. The van der Waals surface area contributed by atoms with Gasteiger partial charge in [0.05, 0.1) is 13.1 Å². The molecule has 0 aromatic heterocycles. The predicted octanol–water partition coefficient (Wildman–Crippen LogP) is -0.0728. The molecule has 0 spiro atoms. The van der Waals surface area contributed by atoms with Crippen molar-refractivity contribution in [3.8, 4) is 5.75 Å². The van der Waals surface area contributed by atoms with Crippen LogP contribution in [0.3, 0.4) is 0 Å². The lowest BCUT2D eigenvalue weighted by atomic mass is 10.1. The maximum absolute atomic E-state index is 11.0. The Kier molecular flexibility index (Phi) is 2.86. The topological polar surface area (TPSA) is 98.7 Å². The van der Waals surface area contributed by atoms with E-state index in [0.717, 1.165) is 0 Å². The molecule has 1 aromatic carbocycles. The lowest BCUT2D eigenvalue weighted by Crippen LogP contribution is -2.57. The number of hydrogen-bond donors (Lipinski definition) is 2. The largest absolute Gasteiger partial charge is 0.487 e. The van der Waals surface area contributed by atoms with Crippen molar-refractivity contribution in [2.24, 2.45) is 11.5 Å². The fourth-order valence-corrected chi connectivity index (χ4v) is 1.61. The number of carbonyl (C=O) groups excluding carboxylic acids is 2. The van der Waals surface area contributed by atoms with Gasteiger partial charge < -0.3 is 21.1 Å². The van der Waals surface area contributed by atoms with Crippen molar-refractivity contribution in [2.75, 3.05) is 13.1 Å². The zero-order chi connectivity index (χ0) is 12.4. The zero-order valence-electron chi connectivity index (χ0n) is 9.13. The van der Waals surface area contributed by atoms with Crippen molar-refractivity contribution in [1.29, 1.82) is 0 Å². The summed E-state index contributed by atoms with van der Waals surface area (Å²) in [6.45, 7) is 0.937. The van der Waals surface area contributed by atoms with Gasteiger partial charge in [0.1, 0.15) is 11.9 Å². The number of rotatable bonds is 3. The molecule has 1 saturated heterocycles. The van der Waals surface area contributed by atoms with E-state index < -0.39 is 11.9 Å². The molecule has 0 unspecified atom stereocenters. The van der Waals surface area contributed by atoms with Crippen LogP contribution < -0.4 is 16.2 Å². The Labute approximate surface area is 98.1 Å². The number of primary amides is 2. The van der Waals surface area contributed by atoms with E-state index in [1.165, 1.54) is 4.90 Å². The van der Waals surface area contributed by atoms with E-state index in [1.807, 2.05) is 0 Å². The molecule has 1 aromatic rings. The number of amides is 3. The van der Waals surface area contributed by atoms with Gasteiger partial charge in [0.15, 0.2) is 0 Å². The summed E-state index contributed by atoms with van der Waals surface area (Å²) in [6, 6.07) is 6.18. The van der Waals surface area contributed by atoms with E-state index in [9.17, 15) is 9.59 Å². The summed E-state index contributed by atoms with van der Waals surface area (Å²) >= 11 is 0. The summed E-state index contributed by atoms with van der Waals surface area (Å²) in [5, 5.41) is 0. The molecule has 3 amide bonds. The molecule has 1 fully saturated rings. The zero-order valence-corrected chi connectivity index (χ0v) is 9.13. The molecule has 0 saturated carbocycles. The third-order valence-electron chi connectivity index (χ3n) is 2.58. The van der Waals surface area contributed by atoms with Crippen LogP contribution in [0.2, 0.25) is 0 Å². The van der Waals surface area contributed by atoms with Crippen molar-refractivity contribution >= 4 is 11.9 Å². The maximum Gasteiger partial charge on any atom is 0.315 e. The van der Waals surface area contributed by atoms with Crippen LogP contribution in [-0.2, 0) is 0 Å². The van der Waals surface area contributed by atoms with Gasteiger partial charge in [0.2, 0.25) is 5.91 Å². The first kappa shape index (κ1) is 11.3. The number of carbonyl (C=O) groups is 2. The second-order valence-electron chi connectivity index (χ2n) is 3.88. The smallest absolute Gasteiger partial charge is 0.315 e. The normalized spacial score (nSPS) is 15.2. The minimum atomic E-state index is -0.497. The lowest BCUT2D eigenvalue weighted by Gasteiger charge is -2.37. The van der Waals surface area contributed by atoms with Gasteiger partial charge in [-0.1, -0.05) is 6.07 Å². The van der Waals surface area contributed by atoms with Gasteiger partial charge in [0.25, 0.3) is 0 Å². The molecule has 17 heavy (non-hydrogen) atoms. The second kappa shape index (κ2) is 4.32. The number of urea groups is 1. The Bertz CT molecular complexity index is 455. The van der Waals surface area contributed by atoms with Crippen LogP contribution in [0.1, 0.15) is 10.4 Å². The second-order valence-corrected chi connectivity index (χ2v) is 3.88. The third-order valence-corrected chi connectivity index (χ3v) is 2.58. The van der Waals surface area contributed by atoms with Gasteiger partial charge >= 0.3 is 6.03 Å². The molecule has 6 nitrogen and oxygen atoms in total. The highest BCUT2D eigenvalue weighted by atomic mass is 16.5. The van der Waals surface area contributed by atoms with Gasteiger partial charge in [-0.05, 0) is 18.2 Å². The Morgan fingerprint density at radius 1 is 1.29 bits per heavy atom. The quantitative estimate of drug-likeness (QED) is 0.766. The van der Waals surface area contributed by atoms with Gasteiger partial charge in [-0.3, -0.25) is 4.79 Å². The minimum Gasteiger partial charge on any atom is -0.487 e. The standard InChI is InChI=1S/C11H13N3O3/c12-10(15)7-2-1-3-8(4-7)17-9-5-14(6-9)11(13)16/h1-4,9H,5-6H2,(H2,12,15)(H2,13,16). The predicted molar refractivity (Wildman–Crippen MR) is 60.5 cm³/mol. The third kappa shape index (κ3) is 2.47. The fraction of sp³-hybridized carbons (Fsp3) is 0.273. The number of nitrogens with zero attached hydrogens (tertiary/aromatic N) is 1. The van der Waals surface area contributed by atoms with Gasteiger partial charge in [-0.15, -0.1) is 0 Å². The number of ether oxygens (including phenoxy) is 1. The van der Waals surface area contributed by atoms with E-state index in [-0.39, 0.29) is 6.10 Å². The molecule has 1 aliphatic heterocycles. The van der Waals surface area contributed by atoms with Crippen LogP contribution in [0.5, 0.6) is 5.75 Å². The molecule has 0 radical (unpaired) electrons. The molecular formula is C11H13N3O3. The van der Waals surface area contributed by atoms with Crippen LogP contribution in [0.4, 0.5) is 4.79 Å². The molecule has 4 N–H and O–H groups in total. The first-order chi connectivity index (χ1) is 8.06. The average molecular weight is 235 g/mol. The lowest BCUT2D eigenvalue weighted by molar-refractivity contribution is 0.0476. The van der Waals surface area contributed by atoms with Crippen LogP contribution in [0.15, 0.2) is 24.3 Å². The van der Waals surface area contributed by atoms with Crippen molar-refractivity contribution < 1.29 is 14.3 Å². The minimum absolute atomic E-state index is 0.0781. The highest BCUT2D eigenvalue weighted by Crippen LogP contribution is 2.19. The monoisotopic (exact) mass is 235 g/mol. The fourth-order valence-electron chi connectivity index (χ4n) is 1.61. The molecular weight excluding hydrogens is 222 g/mol. The molecule has 1 aliphatic rings. The Hall–Kier alpha value is -2.24. The molecule has 1 heterocycles. The molecule has 0 atom stereocenters. The summed E-state index contributed by atoms with van der Waals surface area (Å²) in [4.78, 5) is 23.2. The Balaban J connectivity index is 1.94. The summed E-state index contributed by atoms with van der Waals surface area (Å²) in [5.74, 6) is 0.0678. The maximum atomic E-state index is 11.0. The number of nitrogens with two attached hydrogens (primary N) is 2. The van der Waals surface area contributed by atoms with E-state index >= 15 is 0 Å². The van der Waals surface area contributed by atoms with E-state index in [2.05, 4.69) is 0 Å². The van der Waals surface area contributed by atoms with Gasteiger partial charge in [0, 0.05) is 5.56 Å². The highest BCUT2D eigenvalue weighted by molar-refractivity contribution is 5.93.